The number of rotatable bonds is 8. The maximum atomic E-state index is 11.8. The molecule has 1 aromatic rings. The number of allylic oxidation sites excluding steroid dienone is 4. The summed E-state index contributed by atoms with van der Waals surface area (Å²) < 4.78 is 5.48. The van der Waals surface area contributed by atoms with E-state index < -0.39 is 0 Å². The lowest BCUT2D eigenvalue weighted by atomic mass is 9.87. The first-order chi connectivity index (χ1) is 12.2. The second kappa shape index (κ2) is 10.6. The molecule has 26 heavy (non-hydrogen) atoms. The molecule has 4 nitrogen and oxygen atoms in total. The molecule has 0 aliphatic heterocycles. The Hall–Kier alpha value is -2.36. The number of nitrogens with zero attached hydrogens (tertiary/aromatic N) is 1. The van der Waals surface area contributed by atoms with Gasteiger partial charge in [-0.05, 0) is 62.8 Å². The van der Waals surface area contributed by atoms with Gasteiger partial charge in [0.2, 0.25) is 0 Å². The van der Waals surface area contributed by atoms with Crippen LogP contribution in [0, 0.1) is 0 Å². The van der Waals surface area contributed by atoms with Gasteiger partial charge < -0.3 is 4.74 Å². The van der Waals surface area contributed by atoms with Crippen LogP contribution in [0.15, 0.2) is 52.7 Å². The standard InChI is InChI=1S/C22H32N2O2/c1-17(2)8-7-9-18(3)14-15-23-24-21(25)16-26-20-12-10-19(11-13-20)22(4,5)6/h8,10-15H,7,9,16H2,1-6H3,(H,24,25)/b18-14+,23-15-. The van der Waals surface area contributed by atoms with Crippen LogP contribution in [-0.2, 0) is 10.2 Å². The molecule has 0 aliphatic rings. The largest absolute Gasteiger partial charge is 0.484 e. The van der Waals surface area contributed by atoms with Gasteiger partial charge in [-0.3, -0.25) is 4.79 Å². The van der Waals surface area contributed by atoms with Crippen LogP contribution in [0.2, 0.25) is 0 Å². The van der Waals surface area contributed by atoms with Crippen LogP contribution >= 0.6 is 0 Å². The Morgan fingerprint density at radius 3 is 2.38 bits per heavy atom. The Kier molecular flexibility index (Phi) is 8.83. The van der Waals surface area contributed by atoms with Crippen molar-refractivity contribution in [3.8, 4) is 5.75 Å². The van der Waals surface area contributed by atoms with E-state index in [0.29, 0.717) is 5.75 Å². The van der Waals surface area contributed by atoms with E-state index in [1.54, 1.807) is 6.21 Å². The number of ether oxygens (including phenoxy) is 1. The Labute approximate surface area is 158 Å². The Balaban J connectivity index is 2.35. The van der Waals surface area contributed by atoms with Crippen LogP contribution in [0.25, 0.3) is 0 Å². The monoisotopic (exact) mass is 356 g/mol. The zero-order valence-corrected chi connectivity index (χ0v) is 16.9. The number of amides is 1. The van der Waals surface area contributed by atoms with E-state index in [0.717, 1.165) is 12.8 Å². The van der Waals surface area contributed by atoms with Crippen LogP contribution < -0.4 is 10.2 Å². The van der Waals surface area contributed by atoms with Crippen molar-refractivity contribution < 1.29 is 9.53 Å². The van der Waals surface area contributed by atoms with Crippen molar-refractivity contribution in [3.63, 3.8) is 0 Å². The van der Waals surface area contributed by atoms with E-state index >= 15 is 0 Å². The van der Waals surface area contributed by atoms with Crippen LogP contribution in [-0.4, -0.2) is 18.7 Å². The molecule has 0 saturated heterocycles. The number of hydrogen-bond acceptors (Lipinski definition) is 3. The molecule has 0 atom stereocenters. The minimum atomic E-state index is -0.281. The topological polar surface area (TPSA) is 50.7 Å². The smallest absolute Gasteiger partial charge is 0.277 e. The van der Waals surface area contributed by atoms with Gasteiger partial charge in [-0.25, -0.2) is 5.43 Å². The third-order valence-electron chi connectivity index (χ3n) is 3.80. The highest BCUT2D eigenvalue weighted by Gasteiger charge is 2.13. The molecule has 0 bridgehead atoms. The summed E-state index contributed by atoms with van der Waals surface area (Å²) in [5.41, 5.74) is 6.34. The minimum absolute atomic E-state index is 0.0600. The summed E-state index contributed by atoms with van der Waals surface area (Å²) in [7, 11) is 0. The van der Waals surface area contributed by atoms with E-state index in [1.165, 1.54) is 16.7 Å². The van der Waals surface area contributed by atoms with Gasteiger partial charge >= 0.3 is 0 Å². The van der Waals surface area contributed by atoms with E-state index in [-0.39, 0.29) is 17.9 Å². The van der Waals surface area contributed by atoms with Crippen LogP contribution in [0.3, 0.4) is 0 Å². The van der Waals surface area contributed by atoms with E-state index in [4.69, 9.17) is 4.74 Å². The summed E-state index contributed by atoms with van der Waals surface area (Å²) >= 11 is 0. The Morgan fingerprint density at radius 2 is 1.81 bits per heavy atom. The van der Waals surface area contributed by atoms with Crippen molar-refractivity contribution in [1.29, 1.82) is 0 Å². The second-order valence-electron chi connectivity index (χ2n) is 7.71. The zero-order chi connectivity index (χ0) is 19.6. The van der Waals surface area contributed by atoms with E-state index in [1.807, 2.05) is 30.3 Å². The van der Waals surface area contributed by atoms with Crippen LogP contribution in [0.1, 0.15) is 59.9 Å². The second-order valence-corrected chi connectivity index (χ2v) is 7.71. The van der Waals surface area contributed by atoms with Crippen molar-refractivity contribution >= 4 is 12.1 Å². The number of carbonyl (C=O) groups excluding carboxylic acids is 1. The molecule has 0 aliphatic carbocycles. The number of hydrogen-bond donors (Lipinski definition) is 1. The predicted octanol–water partition coefficient (Wildman–Crippen LogP) is 5.16. The summed E-state index contributed by atoms with van der Waals surface area (Å²) in [4.78, 5) is 11.8. The van der Waals surface area contributed by atoms with E-state index in [2.05, 4.69) is 58.1 Å². The molecular formula is C22H32N2O2. The molecule has 1 rings (SSSR count). The first-order valence-electron chi connectivity index (χ1n) is 9.03. The molecule has 0 radical (unpaired) electrons. The van der Waals surface area contributed by atoms with Crippen molar-refractivity contribution in [1.82, 2.24) is 5.43 Å². The van der Waals surface area contributed by atoms with Crippen molar-refractivity contribution in [2.24, 2.45) is 5.10 Å². The molecule has 1 N–H and O–H groups in total. The molecule has 0 spiro atoms. The lowest BCUT2D eigenvalue weighted by molar-refractivity contribution is -0.123. The van der Waals surface area contributed by atoms with Crippen LogP contribution in [0.4, 0.5) is 0 Å². The van der Waals surface area contributed by atoms with Crippen molar-refractivity contribution in [2.75, 3.05) is 6.61 Å². The van der Waals surface area contributed by atoms with Gasteiger partial charge in [0.25, 0.3) is 5.91 Å². The van der Waals surface area contributed by atoms with Gasteiger partial charge in [-0.1, -0.05) is 50.1 Å². The fraction of sp³-hybridized carbons (Fsp3) is 0.455. The number of benzene rings is 1. The fourth-order valence-electron chi connectivity index (χ4n) is 2.18. The third-order valence-corrected chi connectivity index (χ3v) is 3.80. The van der Waals surface area contributed by atoms with Gasteiger partial charge in [0.15, 0.2) is 6.61 Å². The highest BCUT2D eigenvalue weighted by atomic mass is 16.5. The molecule has 4 heteroatoms. The molecular weight excluding hydrogens is 324 g/mol. The number of carbonyl (C=O) groups is 1. The molecule has 0 fully saturated rings. The lowest BCUT2D eigenvalue weighted by Crippen LogP contribution is -2.24. The zero-order valence-electron chi connectivity index (χ0n) is 16.9. The maximum absolute atomic E-state index is 11.8. The average Bonchev–Trinajstić information content (AvgIpc) is 2.56. The van der Waals surface area contributed by atoms with Crippen molar-refractivity contribution in [3.05, 3.63) is 53.1 Å². The van der Waals surface area contributed by atoms with Gasteiger partial charge in [0.1, 0.15) is 5.75 Å². The van der Waals surface area contributed by atoms with Gasteiger partial charge in [-0.2, -0.15) is 5.10 Å². The predicted molar refractivity (Wildman–Crippen MR) is 110 cm³/mol. The van der Waals surface area contributed by atoms with Gasteiger partial charge in [0, 0.05) is 6.21 Å². The highest BCUT2D eigenvalue weighted by Crippen LogP contribution is 2.24. The SMILES string of the molecule is CC(C)=CCC/C(C)=C/C=N\NC(=O)COc1ccc(C(C)(C)C)cc1. The van der Waals surface area contributed by atoms with Gasteiger partial charge in [0.05, 0.1) is 0 Å². The maximum Gasteiger partial charge on any atom is 0.277 e. The first-order valence-corrected chi connectivity index (χ1v) is 9.03. The quantitative estimate of drug-likeness (QED) is 0.397. The first kappa shape index (κ1) is 21.7. The Morgan fingerprint density at radius 1 is 1.15 bits per heavy atom. The highest BCUT2D eigenvalue weighted by molar-refractivity contribution is 5.79. The lowest BCUT2D eigenvalue weighted by Gasteiger charge is -2.19. The molecule has 0 saturated carbocycles. The normalized spacial score (nSPS) is 12.2. The number of nitrogens with one attached hydrogen (secondary N) is 1. The third kappa shape index (κ3) is 9.21. The summed E-state index contributed by atoms with van der Waals surface area (Å²) in [6.07, 6.45) is 7.73. The Bertz CT molecular complexity index is 658. The molecule has 0 unspecified atom stereocenters. The summed E-state index contributed by atoms with van der Waals surface area (Å²) in [6.45, 7) is 12.7. The van der Waals surface area contributed by atoms with Crippen LogP contribution in [0.5, 0.6) is 5.75 Å². The molecule has 0 aromatic heterocycles. The molecule has 0 heterocycles. The van der Waals surface area contributed by atoms with Crippen molar-refractivity contribution in [2.45, 2.75) is 59.8 Å². The molecule has 142 valence electrons. The molecule has 1 amide bonds. The van der Waals surface area contributed by atoms with E-state index in [9.17, 15) is 4.79 Å². The number of hydrazone groups is 1. The minimum Gasteiger partial charge on any atom is -0.484 e. The average molecular weight is 357 g/mol. The molecule has 1 aromatic carbocycles. The van der Waals surface area contributed by atoms with Gasteiger partial charge in [-0.15, -0.1) is 0 Å². The summed E-state index contributed by atoms with van der Waals surface area (Å²) in [5, 5.41) is 3.92. The fourth-order valence-corrected chi connectivity index (χ4v) is 2.18. The summed E-state index contributed by atoms with van der Waals surface area (Å²) in [5.74, 6) is 0.392. The summed E-state index contributed by atoms with van der Waals surface area (Å²) in [6, 6.07) is 7.81.